The number of rotatable bonds is 6. The molecule has 0 aliphatic carbocycles. The van der Waals surface area contributed by atoms with E-state index in [1.807, 2.05) is 62.1 Å². The zero-order valence-electron chi connectivity index (χ0n) is 17.1. The fourth-order valence-corrected chi connectivity index (χ4v) is 3.65. The summed E-state index contributed by atoms with van der Waals surface area (Å²) >= 11 is 5.62. The van der Waals surface area contributed by atoms with Crippen molar-refractivity contribution in [3.63, 3.8) is 0 Å². The van der Waals surface area contributed by atoms with E-state index < -0.39 is 0 Å². The third kappa shape index (κ3) is 5.02. The van der Waals surface area contributed by atoms with Crippen LogP contribution < -0.4 is 10.9 Å². The molecule has 0 radical (unpaired) electrons. The van der Waals surface area contributed by atoms with Gasteiger partial charge in [0.15, 0.2) is 5.11 Å². The number of pyridine rings is 1. The Morgan fingerprint density at radius 2 is 1.90 bits per heavy atom. The fourth-order valence-electron chi connectivity index (χ4n) is 3.38. The fraction of sp³-hybridized carbons (Fsp3) is 0.304. The van der Waals surface area contributed by atoms with Crippen molar-refractivity contribution in [3.05, 3.63) is 75.1 Å². The number of aromatic nitrogens is 1. The zero-order valence-corrected chi connectivity index (χ0v) is 17.9. The van der Waals surface area contributed by atoms with E-state index in [1.165, 1.54) is 0 Å². The number of nitrogens with zero attached hydrogens (tertiary/aromatic N) is 1. The van der Waals surface area contributed by atoms with Gasteiger partial charge in [0, 0.05) is 29.8 Å². The van der Waals surface area contributed by atoms with Gasteiger partial charge in [-0.3, -0.25) is 4.79 Å². The number of anilines is 1. The van der Waals surface area contributed by atoms with Gasteiger partial charge in [-0.05, 0) is 74.3 Å². The van der Waals surface area contributed by atoms with Crippen LogP contribution in [0.2, 0.25) is 0 Å². The highest BCUT2D eigenvalue weighted by Gasteiger charge is 2.14. The number of hydrogen-bond acceptors (Lipinski definition) is 3. The van der Waals surface area contributed by atoms with Crippen molar-refractivity contribution in [1.29, 1.82) is 0 Å². The molecular formula is C23H27N3O2S. The Morgan fingerprint density at radius 1 is 1.14 bits per heavy atom. The second kappa shape index (κ2) is 9.20. The number of H-pyrrole nitrogens is 1. The average Bonchev–Trinajstić information content (AvgIpc) is 2.68. The largest absolute Gasteiger partial charge is 0.396 e. The molecule has 3 N–H and O–H groups in total. The minimum atomic E-state index is -0.112. The molecule has 0 unspecified atom stereocenters. The molecule has 5 nitrogen and oxygen atoms in total. The summed E-state index contributed by atoms with van der Waals surface area (Å²) in [5, 5.41) is 14.1. The van der Waals surface area contributed by atoms with Gasteiger partial charge in [-0.1, -0.05) is 24.3 Å². The number of aliphatic hydroxyl groups is 1. The first kappa shape index (κ1) is 21.0. The van der Waals surface area contributed by atoms with Crippen molar-refractivity contribution in [2.45, 2.75) is 33.7 Å². The van der Waals surface area contributed by atoms with E-state index in [-0.39, 0.29) is 12.2 Å². The van der Waals surface area contributed by atoms with E-state index in [0.29, 0.717) is 30.2 Å². The van der Waals surface area contributed by atoms with Crippen molar-refractivity contribution in [2.75, 3.05) is 18.5 Å². The van der Waals surface area contributed by atoms with Crippen LogP contribution in [0.25, 0.3) is 10.9 Å². The van der Waals surface area contributed by atoms with Gasteiger partial charge in [0.05, 0.1) is 12.1 Å². The molecule has 0 saturated carbocycles. The third-order valence-corrected chi connectivity index (χ3v) is 5.38. The Bertz CT molecular complexity index is 1090. The molecule has 3 aromatic rings. The Morgan fingerprint density at radius 3 is 2.62 bits per heavy atom. The maximum Gasteiger partial charge on any atom is 0.253 e. The van der Waals surface area contributed by atoms with Crippen molar-refractivity contribution >= 4 is 33.9 Å². The van der Waals surface area contributed by atoms with E-state index in [2.05, 4.69) is 16.4 Å². The Balaban J connectivity index is 1.90. The first-order valence-corrected chi connectivity index (χ1v) is 10.2. The summed E-state index contributed by atoms with van der Waals surface area (Å²) < 4.78 is 0. The SMILES string of the molecule is Cc1cccc(NC(=S)N(CCCO)Cc2cc3c(C)ccc(C)c3[nH]c2=O)c1. The summed E-state index contributed by atoms with van der Waals surface area (Å²) in [4.78, 5) is 17.7. The Labute approximate surface area is 176 Å². The van der Waals surface area contributed by atoms with Gasteiger partial charge in [-0.2, -0.15) is 0 Å². The molecule has 1 aromatic heterocycles. The van der Waals surface area contributed by atoms with Crippen LogP contribution in [0.4, 0.5) is 5.69 Å². The van der Waals surface area contributed by atoms with Crippen LogP contribution in [-0.4, -0.2) is 33.3 Å². The Hall–Kier alpha value is -2.70. The second-order valence-corrected chi connectivity index (χ2v) is 7.80. The lowest BCUT2D eigenvalue weighted by Crippen LogP contribution is -2.37. The molecule has 0 amide bonds. The highest BCUT2D eigenvalue weighted by atomic mass is 32.1. The monoisotopic (exact) mass is 409 g/mol. The van der Waals surface area contributed by atoms with Gasteiger partial charge < -0.3 is 20.3 Å². The molecule has 0 spiro atoms. The smallest absolute Gasteiger partial charge is 0.253 e. The van der Waals surface area contributed by atoms with Gasteiger partial charge in [0.25, 0.3) is 5.56 Å². The quantitative estimate of drug-likeness (QED) is 0.536. The number of benzene rings is 2. The van der Waals surface area contributed by atoms with Crippen LogP contribution in [-0.2, 0) is 6.54 Å². The average molecular weight is 410 g/mol. The molecule has 2 aromatic carbocycles. The first-order valence-electron chi connectivity index (χ1n) is 9.74. The van der Waals surface area contributed by atoms with Gasteiger partial charge in [-0.15, -0.1) is 0 Å². The number of aryl methyl sites for hydroxylation is 3. The summed E-state index contributed by atoms with van der Waals surface area (Å²) in [7, 11) is 0. The van der Waals surface area contributed by atoms with Crippen LogP contribution in [0, 0.1) is 20.8 Å². The number of aromatic amines is 1. The normalized spacial score (nSPS) is 10.9. The molecule has 0 aliphatic rings. The number of thiocarbonyl (C=S) groups is 1. The van der Waals surface area contributed by atoms with Gasteiger partial charge in [0.2, 0.25) is 0 Å². The molecule has 152 valence electrons. The number of fused-ring (bicyclic) bond motifs is 1. The van der Waals surface area contributed by atoms with Crippen molar-refractivity contribution in [3.8, 4) is 0 Å². The van der Waals surface area contributed by atoms with E-state index >= 15 is 0 Å². The summed E-state index contributed by atoms with van der Waals surface area (Å²) in [5.41, 5.74) is 5.62. The third-order valence-electron chi connectivity index (χ3n) is 5.02. The maximum atomic E-state index is 12.7. The van der Waals surface area contributed by atoms with Crippen molar-refractivity contribution in [2.24, 2.45) is 0 Å². The molecule has 1 heterocycles. The van der Waals surface area contributed by atoms with Gasteiger partial charge in [-0.25, -0.2) is 0 Å². The zero-order chi connectivity index (χ0) is 21.0. The van der Waals surface area contributed by atoms with E-state index in [9.17, 15) is 9.90 Å². The minimum Gasteiger partial charge on any atom is -0.396 e. The summed E-state index contributed by atoms with van der Waals surface area (Å²) in [6.07, 6.45) is 0.569. The molecule has 3 rings (SSSR count). The molecule has 6 heteroatoms. The van der Waals surface area contributed by atoms with Crippen LogP contribution in [0.5, 0.6) is 0 Å². The van der Waals surface area contributed by atoms with Crippen molar-refractivity contribution in [1.82, 2.24) is 9.88 Å². The first-order chi connectivity index (χ1) is 13.9. The lowest BCUT2D eigenvalue weighted by Gasteiger charge is -2.26. The van der Waals surface area contributed by atoms with Crippen LogP contribution in [0.3, 0.4) is 0 Å². The highest BCUT2D eigenvalue weighted by molar-refractivity contribution is 7.80. The van der Waals surface area contributed by atoms with Gasteiger partial charge >= 0.3 is 0 Å². The summed E-state index contributed by atoms with van der Waals surface area (Å²) in [5.74, 6) is 0. The number of hydrogen-bond donors (Lipinski definition) is 3. The molecule has 0 aliphatic heterocycles. The minimum absolute atomic E-state index is 0.0654. The summed E-state index contributed by atoms with van der Waals surface area (Å²) in [6, 6.07) is 14.0. The Kier molecular flexibility index (Phi) is 6.67. The van der Waals surface area contributed by atoms with Crippen LogP contribution >= 0.6 is 12.2 Å². The topological polar surface area (TPSA) is 68.4 Å². The lowest BCUT2D eigenvalue weighted by atomic mass is 10.0. The molecule has 0 fully saturated rings. The van der Waals surface area contributed by atoms with E-state index in [4.69, 9.17) is 12.2 Å². The predicted octanol–water partition coefficient (Wildman–Crippen LogP) is 4.03. The van der Waals surface area contributed by atoms with E-state index in [1.54, 1.807) is 0 Å². The second-order valence-electron chi connectivity index (χ2n) is 7.41. The molecular weight excluding hydrogens is 382 g/mol. The van der Waals surface area contributed by atoms with Crippen LogP contribution in [0.15, 0.2) is 47.3 Å². The number of nitrogens with one attached hydrogen (secondary N) is 2. The molecule has 0 atom stereocenters. The van der Waals surface area contributed by atoms with Crippen LogP contribution in [0.1, 0.15) is 28.7 Å². The molecule has 29 heavy (non-hydrogen) atoms. The molecule has 0 bridgehead atoms. The predicted molar refractivity (Wildman–Crippen MR) is 124 cm³/mol. The highest BCUT2D eigenvalue weighted by Crippen LogP contribution is 2.20. The van der Waals surface area contributed by atoms with E-state index in [0.717, 1.165) is 33.3 Å². The maximum absolute atomic E-state index is 12.7. The number of aliphatic hydroxyl groups excluding tert-OH is 1. The van der Waals surface area contributed by atoms with Crippen molar-refractivity contribution < 1.29 is 5.11 Å². The summed E-state index contributed by atoms with van der Waals surface area (Å²) in [6.45, 7) is 7.05. The lowest BCUT2D eigenvalue weighted by molar-refractivity contribution is 0.266. The van der Waals surface area contributed by atoms with Gasteiger partial charge in [0.1, 0.15) is 0 Å². The standard InChI is InChI=1S/C23H27N3O2S/c1-15-6-4-7-19(12-15)24-23(29)26(10-5-11-27)14-18-13-20-16(2)8-9-17(3)21(20)25-22(18)28/h4,6-9,12-13,27H,5,10-11,14H2,1-3H3,(H,24,29)(H,25,28). The molecule has 0 saturated heterocycles.